The molecule has 0 bridgehead atoms. The van der Waals surface area contributed by atoms with Crippen molar-refractivity contribution < 1.29 is 23.1 Å². The van der Waals surface area contributed by atoms with E-state index in [9.17, 15) is 27.9 Å². The Kier molecular flexibility index (Phi) is 6.81. The van der Waals surface area contributed by atoms with Crippen LogP contribution in [0.2, 0.25) is 10.0 Å². The summed E-state index contributed by atoms with van der Waals surface area (Å²) >= 11 is 12.3. The number of hydrogen-bond acceptors (Lipinski definition) is 5. The normalized spacial score (nSPS) is 17.3. The SMILES string of the molecule is C[C@@H]1CN(c2ccc3c(=O)c(C(=O)Nc4c(Cl)cccc4Cl)cn(-c4c(F)cc(F)cc4F)c3n2)C[C@H]1O. The van der Waals surface area contributed by atoms with Crippen LogP contribution in [0.4, 0.5) is 24.7 Å². The number of para-hydroxylation sites is 1. The molecular formula is C26H19Cl2F3N4O3. The van der Waals surface area contributed by atoms with E-state index in [1.165, 1.54) is 24.3 Å². The van der Waals surface area contributed by atoms with Crippen LogP contribution in [0.1, 0.15) is 17.3 Å². The Labute approximate surface area is 224 Å². The van der Waals surface area contributed by atoms with E-state index in [1.807, 2.05) is 6.92 Å². The van der Waals surface area contributed by atoms with Crippen LogP contribution in [0, 0.1) is 23.4 Å². The van der Waals surface area contributed by atoms with Crippen molar-refractivity contribution in [2.24, 2.45) is 5.92 Å². The number of hydrogen-bond donors (Lipinski definition) is 2. The lowest BCUT2D eigenvalue weighted by Crippen LogP contribution is -2.26. The van der Waals surface area contributed by atoms with Gasteiger partial charge in [0.1, 0.15) is 22.9 Å². The fraction of sp³-hybridized carbons (Fsp3) is 0.192. The Morgan fingerprint density at radius 1 is 1.08 bits per heavy atom. The van der Waals surface area contributed by atoms with E-state index < -0.39 is 46.1 Å². The molecule has 1 saturated heterocycles. The summed E-state index contributed by atoms with van der Waals surface area (Å²) in [5.74, 6) is -4.34. The molecule has 2 atom stereocenters. The summed E-state index contributed by atoms with van der Waals surface area (Å²) < 4.78 is 44.4. The van der Waals surface area contributed by atoms with E-state index in [2.05, 4.69) is 10.3 Å². The summed E-state index contributed by atoms with van der Waals surface area (Å²) in [6.45, 7) is 2.59. The van der Waals surface area contributed by atoms with Crippen molar-refractivity contribution in [2.75, 3.05) is 23.3 Å². The van der Waals surface area contributed by atoms with Gasteiger partial charge in [0.15, 0.2) is 17.3 Å². The molecule has 1 aliphatic rings. The minimum absolute atomic E-state index is 0.0428. The zero-order valence-electron chi connectivity index (χ0n) is 19.7. The molecule has 196 valence electrons. The molecule has 0 spiro atoms. The van der Waals surface area contributed by atoms with Crippen LogP contribution >= 0.6 is 23.2 Å². The quantitative estimate of drug-likeness (QED) is 0.358. The molecule has 4 aromatic rings. The summed E-state index contributed by atoms with van der Waals surface area (Å²) in [7, 11) is 0. The molecule has 7 nitrogen and oxygen atoms in total. The number of carbonyl (C=O) groups excluding carboxylic acids is 1. The van der Waals surface area contributed by atoms with Gasteiger partial charge in [0.05, 0.1) is 27.2 Å². The molecule has 2 aromatic carbocycles. The maximum Gasteiger partial charge on any atom is 0.261 e. The lowest BCUT2D eigenvalue weighted by atomic mass is 10.1. The second-order valence-electron chi connectivity index (χ2n) is 9.00. The largest absolute Gasteiger partial charge is 0.391 e. The summed E-state index contributed by atoms with van der Waals surface area (Å²) in [4.78, 5) is 32.8. The average Bonchev–Trinajstić information content (AvgIpc) is 3.20. The number of nitrogens with one attached hydrogen (secondary N) is 1. The third-order valence-corrected chi connectivity index (χ3v) is 7.03. The Morgan fingerprint density at radius 3 is 2.34 bits per heavy atom. The third kappa shape index (κ3) is 4.59. The van der Waals surface area contributed by atoms with Crippen LogP contribution in [-0.2, 0) is 0 Å². The van der Waals surface area contributed by atoms with Gasteiger partial charge in [0.25, 0.3) is 5.91 Å². The monoisotopic (exact) mass is 562 g/mol. The van der Waals surface area contributed by atoms with Crippen LogP contribution in [0.3, 0.4) is 0 Å². The molecule has 0 radical (unpaired) electrons. The molecule has 1 fully saturated rings. The number of amides is 1. The highest BCUT2D eigenvalue weighted by Gasteiger charge is 2.29. The summed E-state index contributed by atoms with van der Waals surface area (Å²) in [5, 5.41) is 12.7. The van der Waals surface area contributed by atoms with Gasteiger partial charge in [-0.05, 0) is 24.3 Å². The van der Waals surface area contributed by atoms with E-state index in [4.69, 9.17) is 23.2 Å². The highest BCUT2D eigenvalue weighted by molar-refractivity contribution is 6.40. The molecule has 2 N–H and O–H groups in total. The first kappa shape index (κ1) is 26.0. The highest BCUT2D eigenvalue weighted by Crippen LogP contribution is 2.31. The number of pyridine rings is 2. The van der Waals surface area contributed by atoms with E-state index in [0.717, 1.165) is 10.8 Å². The van der Waals surface area contributed by atoms with Gasteiger partial charge < -0.3 is 15.3 Å². The van der Waals surface area contributed by atoms with Crippen LogP contribution in [0.25, 0.3) is 16.7 Å². The predicted octanol–water partition coefficient (Wildman–Crippen LogP) is 5.18. The topological polar surface area (TPSA) is 87.5 Å². The van der Waals surface area contributed by atoms with Gasteiger partial charge in [-0.25, -0.2) is 18.2 Å². The zero-order valence-corrected chi connectivity index (χ0v) is 21.2. The third-order valence-electron chi connectivity index (χ3n) is 6.40. The van der Waals surface area contributed by atoms with Crippen molar-refractivity contribution >= 4 is 51.6 Å². The molecule has 0 aliphatic carbocycles. The molecule has 1 aliphatic heterocycles. The fourth-order valence-electron chi connectivity index (χ4n) is 4.40. The Morgan fingerprint density at radius 2 is 1.74 bits per heavy atom. The van der Waals surface area contributed by atoms with Crippen LogP contribution < -0.4 is 15.6 Å². The Balaban J connectivity index is 1.72. The van der Waals surface area contributed by atoms with Crippen molar-refractivity contribution in [3.8, 4) is 5.69 Å². The first-order valence-electron chi connectivity index (χ1n) is 11.4. The first-order chi connectivity index (χ1) is 18.0. The second-order valence-corrected chi connectivity index (χ2v) is 9.82. The number of anilines is 2. The molecular weight excluding hydrogens is 544 g/mol. The standard InChI is InChI=1S/C26H19Cl2F3N4O3/c1-12-9-34(11-20(12)36)21-6-5-14-24(37)15(26(38)33-22-16(27)3-2-4-17(22)28)10-35(25(14)32-21)23-18(30)7-13(29)8-19(23)31/h2-8,10,12,20,36H,9,11H2,1H3,(H,33,38)/t12-,20-/m1/s1. The molecule has 12 heteroatoms. The minimum atomic E-state index is -1.27. The van der Waals surface area contributed by atoms with Crippen molar-refractivity contribution in [3.63, 3.8) is 0 Å². The van der Waals surface area contributed by atoms with Gasteiger partial charge in [-0.1, -0.05) is 36.2 Å². The highest BCUT2D eigenvalue weighted by atomic mass is 35.5. The summed E-state index contributed by atoms with van der Waals surface area (Å²) in [6, 6.07) is 8.38. The number of carbonyl (C=O) groups is 1. The number of nitrogens with zero attached hydrogens (tertiary/aromatic N) is 3. The first-order valence-corrected chi connectivity index (χ1v) is 12.2. The van der Waals surface area contributed by atoms with Crippen molar-refractivity contribution in [2.45, 2.75) is 13.0 Å². The van der Waals surface area contributed by atoms with Crippen molar-refractivity contribution in [3.05, 3.63) is 91.9 Å². The number of rotatable bonds is 4. The van der Waals surface area contributed by atoms with Crippen LogP contribution in [0.5, 0.6) is 0 Å². The summed E-state index contributed by atoms with van der Waals surface area (Å²) in [6.07, 6.45) is 0.326. The number of aliphatic hydroxyl groups excluding tert-OH is 1. The number of β-amino-alcohol motifs (C(OH)–C–C–N with tert-alkyl or cyclic N) is 1. The maximum atomic E-state index is 14.9. The number of fused-ring (bicyclic) bond motifs is 1. The lowest BCUT2D eigenvalue weighted by Gasteiger charge is -2.19. The summed E-state index contributed by atoms with van der Waals surface area (Å²) in [5.41, 5.74) is -2.12. The number of benzene rings is 2. The number of halogens is 5. The number of aromatic nitrogens is 2. The van der Waals surface area contributed by atoms with E-state index in [-0.39, 0.29) is 39.2 Å². The molecule has 5 rings (SSSR count). The molecule has 1 amide bonds. The van der Waals surface area contributed by atoms with Gasteiger partial charge in [-0.3, -0.25) is 14.2 Å². The second kappa shape index (κ2) is 9.94. The van der Waals surface area contributed by atoms with Crippen molar-refractivity contribution in [1.29, 1.82) is 0 Å². The van der Waals surface area contributed by atoms with Gasteiger partial charge in [-0.2, -0.15) is 0 Å². The van der Waals surface area contributed by atoms with Crippen LogP contribution in [-0.4, -0.2) is 39.8 Å². The molecule has 2 aromatic heterocycles. The average molecular weight is 563 g/mol. The molecule has 0 saturated carbocycles. The lowest BCUT2D eigenvalue weighted by molar-refractivity contribution is 0.102. The van der Waals surface area contributed by atoms with Gasteiger partial charge >= 0.3 is 0 Å². The molecule has 3 heterocycles. The molecule has 0 unspecified atom stereocenters. The zero-order chi connectivity index (χ0) is 27.3. The Hall–Kier alpha value is -3.60. The Bertz CT molecular complexity index is 1610. The van der Waals surface area contributed by atoms with Gasteiger partial charge in [0.2, 0.25) is 5.43 Å². The smallest absolute Gasteiger partial charge is 0.261 e. The van der Waals surface area contributed by atoms with E-state index in [1.54, 1.807) is 11.0 Å². The van der Waals surface area contributed by atoms with E-state index in [0.29, 0.717) is 24.5 Å². The van der Waals surface area contributed by atoms with E-state index >= 15 is 0 Å². The van der Waals surface area contributed by atoms with Gasteiger partial charge in [-0.15, -0.1) is 0 Å². The van der Waals surface area contributed by atoms with Gasteiger partial charge in [0, 0.05) is 37.3 Å². The molecule has 38 heavy (non-hydrogen) atoms. The predicted molar refractivity (Wildman–Crippen MR) is 139 cm³/mol. The minimum Gasteiger partial charge on any atom is -0.391 e. The van der Waals surface area contributed by atoms with Crippen molar-refractivity contribution in [1.82, 2.24) is 9.55 Å². The maximum absolute atomic E-state index is 14.9. The van der Waals surface area contributed by atoms with Crippen LogP contribution in [0.15, 0.2) is 53.5 Å². The number of aliphatic hydroxyl groups is 1. The fourth-order valence-corrected chi connectivity index (χ4v) is 4.89.